The number of carboxylic acids is 1. The lowest BCUT2D eigenvalue weighted by molar-refractivity contribution is -0.140. The van der Waals surface area contributed by atoms with E-state index in [0.717, 1.165) is 0 Å². The Morgan fingerprint density at radius 3 is 2.18 bits per heavy atom. The molecule has 0 amide bonds. The van der Waals surface area contributed by atoms with Gasteiger partial charge in [-0.05, 0) is 18.6 Å². The van der Waals surface area contributed by atoms with Crippen molar-refractivity contribution in [2.75, 3.05) is 6.61 Å². The average molecular weight is 306 g/mol. The first kappa shape index (κ1) is 21.4. The minimum absolute atomic E-state index is 0.170. The molecule has 0 heterocycles. The molecule has 7 heteroatoms. The van der Waals surface area contributed by atoms with Gasteiger partial charge in [0.1, 0.15) is 6.61 Å². The number of hydrogen-bond donors (Lipinski definition) is 5. The molecule has 7 nitrogen and oxygen atoms in total. The van der Waals surface area contributed by atoms with E-state index in [2.05, 4.69) is 23.7 Å². The van der Waals surface area contributed by atoms with Crippen molar-refractivity contribution in [2.24, 2.45) is 10.8 Å². The van der Waals surface area contributed by atoms with Crippen LogP contribution in [0.3, 0.4) is 0 Å². The molecule has 0 unspecified atom stereocenters. The molecule has 0 atom stereocenters. The number of nitrogens with zero attached hydrogens (tertiary/aromatic N) is 1. The summed E-state index contributed by atoms with van der Waals surface area (Å²) in [5.74, 6) is -1.36. The Labute approximate surface area is 130 Å². The van der Waals surface area contributed by atoms with Gasteiger partial charge < -0.3 is 15.9 Å². The predicted molar refractivity (Wildman–Crippen MR) is 89.6 cm³/mol. The number of aliphatic hydroxyl groups is 1. The van der Waals surface area contributed by atoms with Crippen molar-refractivity contribution in [3.05, 3.63) is 55.1 Å². The molecule has 0 saturated heterocycles. The molecule has 22 heavy (non-hydrogen) atoms. The van der Waals surface area contributed by atoms with Gasteiger partial charge in [-0.25, -0.2) is 10.2 Å². The van der Waals surface area contributed by atoms with E-state index in [4.69, 9.17) is 26.2 Å². The first-order chi connectivity index (χ1) is 10.4. The van der Waals surface area contributed by atoms with Crippen LogP contribution in [0.5, 0.6) is 0 Å². The number of benzene rings is 1. The van der Waals surface area contributed by atoms with Crippen LogP contribution in [0.4, 0.5) is 0 Å². The van der Waals surface area contributed by atoms with Gasteiger partial charge in [0.05, 0.1) is 5.71 Å². The molecule has 0 spiro atoms. The van der Waals surface area contributed by atoms with Gasteiger partial charge in [0, 0.05) is 0 Å². The molecule has 120 valence electrons. The second-order valence-corrected chi connectivity index (χ2v) is 3.65. The lowest BCUT2D eigenvalue weighted by Gasteiger charge is -1.93. The van der Waals surface area contributed by atoms with E-state index < -0.39 is 12.6 Å². The Kier molecular flexibility index (Phi) is 14.1. The molecule has 1 aromatic carbocycles. The molecule has 0 radical (unpaired) electrons. The van der Waals surface area contributed by atoms with Crippen LogP contribution in [-0.4, -0.2) is 34.5 Å². The van der Waals surface area contributed by atoms with E-state index >= 15 is 0 Å². The van der Waals surface area contributed by atoms with Crippen LogP contribution in [0, 0.1) is 5.41 Å². The third-order valence-electron chi connectivity index (χ3n) is 1.82. The number of aliphatic hydroxyl groups excluding tert-OH is 1. The summed E-state index contributed by atoms with van der Waals surface area (Å²) in [5.41, 5.74) is 9.07. The van der Waals surface area contributed by atoms with Crippen LogP contribution in [-0.2, 0) is 4.79 Å². The molecule has 0 bridgehead atoms. The summed E-state index contributed by atoms with van der Waals surface area (Å²) in [7, 11) is 0. The zero-order chi connectivity index (χ0) is 17.4. The Balaban J connectivity index is 0. The van der Waals surface area contributed by atoms with Crippen LogP contribution < -0.4 is 11.2 Å². The van der Waals surface area contributed by atoms with Gasteiger partial charge >= 0.3 is 5.97 Å². The van der Waals surface area contributed by atoms with Crippen molar-refractivity contribution < 1.29 is 15.0 Å². The first-order valence-electron chi connectivity index (χ1n) is 6.14. The van der Waals surface area contributed by atoms with E-state index in [9.17, 15) is 0 Å². The van der Waals surface area contributed by atoms with Gasteiger partial charge in [0.15, 0.2) is 0 Å². The number of hydrogen-bond acceptors (Lipinski definition) is 4. The molecule has 0 aliphatic carbocycles. The van der Waals surface area contributed by atoms with Crippen molar-refractivity contribution in [1.29, 1.82) is 5.41 Å². The quantitative estimate of drug-likeness (QED) is 0.326. The number of nitrogens with one attached hydrogen (secondary N) is 2. The molecule has 1 rings (SSSR count). The molecular weight excluding hydrogens is 284 g/mol. The smallest absolute Gasteiger partial charge is 0.329 e. The molecule has 0 saturated carbocycles. The van der Waals surface area contributed by atoms with Gasteiger partial charge in [0.2, 0.25) is 5.96 Å². The summed E-state index contributed by atoms with van der Waals surface area (Å²) in [4.78, 5) is 9.12. The maximum atomic E-state index is 9.12. The van der Waals surface area contributed by atoms with Crippen molar-refractivity contribution in [3.63, 3.8) is 0 Å². The monoisotopic (exact) mass is 306 g/mol. The van der Waals surface area contributed by atoms with Gasteiger partial charge in [-0.15, -0.1) is 0 Å². The summed E-state index contributed by atoms with van der Waals surface area (Å²) in [6.07, 6.45) is 3.40. The van der Waals surface area contributed by atoms with Crippen LogP contribution >= 0.6 is 0 Å². The lowest BCUT2D eigenvalue weighted by atomic mass is 10.2. The van der Waals surface area contributed by atoms with Crippen LogP contribution in [0.1, 0.15) is 12.5 Å². The minimum Gasteiger partial charge on any atom is -0.480 e. The van der Waals surface area contributed by atoms with E-state index in [1.54, 1.807) is 13.0 Å². The Morgan fingerprint density at radius 1 is 1.41 bits per heavy atom. The zero-order valence-corrected chi connectivity index (χ0v) is 12.5. The molecule has 0 aromatic heterocycles. The maximum Gasteiger partial charge on any atom is 0.329 e. The average Bonchev–Trinajstić information content (AvgIpc) is 2.54. The second kappa shape index (κ2) is 14.5. The molecule has 1 aromatic rings. The normalized spacial score (nSPS) is 9.09. The van der Waals surface area contributed by atoms with Crippen LogP contribution in [0.15, 0.2) is 54.7 Å². The number of carboxylic acid groups (broad SMARTS) is 1. The standard InChI is InChI=1S/C8H8.C5H10N4.C2H4O3/c1-2-8-6-4-3-5-7-8;1-3-4(2)8-9-5(6)7;3-1-2(4)5/h2-7H,1H2;3H,1H2,2H3,(H4,6,7,9);3H,1H2,(H,4,5)/b;8-4+;. The summed E-state index contributed by atoms with van der Waals surface area (Å²) < 4.78 is 0. The summed E-state index contributed by atoms with van der Waals surface area (Å²) in [5, 5.41) is 25.3. The zero-order valence-electron chi connectivity index (χ0n) is 12.5. The van der Waals surface area contributed by atoms with Crippen LogP contribution in [0.2, 0.25) is 0 Å². The van der Waals surface area contributed by atoms with Gasteiger partial charge in [0.25, 0.3) is 0 Å². The second-order valence-electron chi connectivity index (χ2n) is 3.65. The summed E-state index contributed by atoms with van der Waals surface area (Å²) in [6, 6.07) is 10.0. The van der Waals surface area contributed by atoms with Gasteiger partial charge in [-0.2, -0.15) is 5.10 Å². The fourth-order valence-electron chi connectivity index (χ4n) is 0.783. The first-order valence-corrected chi connectivity index (χ1v) is 6.14. The maximum absolute atomic E-state index is 9.12. The van der Waals surface area contributed by atoms with Crippen LogP contribution in [0.25, 0.3) is 6.08 Å². The molecular formula is C15H22N4O3. The Morgan fingerprint density at radius 2 is 1.91 bits per heavy atom. The van der Waals surface area contributed by atoms with Gasteiger partial charge in [-0.3, -0.25) is 5.41 Å². The number of guanidine groups is 1. The van der Waals surface area contributed by atoms with E-state index in [0.29, 0.717) is 5.71 Å². The summed E-state index contributed by atoms with van der Waals surface area (Å²) >= 11 is 0. The third kappa shape index (κ3) is 17.1. The highest BCUT2D eigenvalue weighted by atomic mass is 16.4. The number of hydrazone groups is 1. The number of carbonyl (C=O) groups is 1. The lowest BCUT2D eigenvalue weighted by Crippen LogP contribution is -2.26. The third-order valence-corrected chi connectivity index (χ3v) is 1.82. The Hall–Kier alpha value is -2.93. The van der Waals surface area contributed by atoms with E-state index in [1.165, 1.54) is 5.56 Å². The number of rotatable bonds is 4. The van der Waals surface area contributed by atoms with Crippen molar-refractivity contribution >= 4 is 23.7 Å². The highest BCUT2D eigenvalue weighted by Crippen LogP contribution is 1.97. The Bertz CT molecular complexity index is 499. The minimum atomic E-state index is -1.19. The van der Waals surface area contributed by atoms with Crippen molar-refractivity contribution in [1.82, 2.24) is 5.43 Å². The molecule has 0 aliphatic rings. The molecule has 0 aliphatic heterocycles. The number of aliphatic carboxylic acids is 1. The largest absolute Gasteiger partial charge is 0.480 e. The fraction of sp³-hybridized carbons (Fsp3) is 0.133. The van der Waals surface area contributed by atoms with E-state index in [-0.39, 0.29) is 5.96 Å². The number of allylic oxidation sites excluding steroid dienone is 1. The fourth-order valence-corrected chi connectivity index (χ4v) is 0.783. The highest BCUT2D eigenvalue weighted by molar-refractivity contribution is 5.93. The highest BCUT2D eigenvalue weighted by Gasteiger charge is 1.82. The molecule has 0 fully saturated rings. The predicted octanol–water partition coefficient (Wildman–Crippen LogP) is 1.42. The topological polar surface area (TPSA) is 132 Å². The van der Waals surface area contributed by atoms with Gasteiger partial charge in [-0.1, -0.05) is 49.6 Å². The SMILES string of the molecule is C=C/C(C)=N/NC(=N)N.C=Cc1ccccc1.O=C(O)CO. The number of nitrogens with two attached hydrogens (primary N) is 1. The van der Waals surface area contributed by atoms with Crippen molar-refractivity contribution in [3.8, 4) is 0 Å². The summed E-state index contributed by atoms with van der Waals surface area (Å²) in [6.45, 7) is 8.06. The van der Waals surface area contributed by atoms with Crippen molar-refractivity contribution in [2.45, 2.75) is 6.92 Å². The molecule has 6 N–H and O–H groups in total. The van der Waals surface area contributed by atoms with E-state index in [1.807, 2.05) is 36.4 Å².